The van der Waals surface area contributed by atoms with E-state index in [0.29, 0.717) is 42.9 Å². The highest BCUT2D eigenvalue weighted by molar-refractivity contribution is 6.04. The van der Waals surface area contributed by atoms with E-state index in [4.69, 9.17) is 14.2 Å². The zero-order valence-electron chi connectivity index (χ0n) is 22.3. The van der Waals surface area contributed by atoms with Gasteiger partial charge in [0.25, 0.3) is 0 Å². The number of dihydropyridines is 1. The maximum Gasteiger partial charge on any atom is 0.336 e. The lowest BCUT2D eigenvalue weighted by atomic mass is 9.72. The van der Waals surface area contributed by atoms with Crippen molar-refractivity contribution in [2.45, 2.75) is 38.2 Å². The molecule has 1 heterocycles. The van der Waals surface area contributed by atoms with Gasteiger partial charge in [-0.25, -0.2) is 4.79 Å². The van der Waals surface area contributed by atoms with Crippen LogP contribution in [0.3, 0.4) is 0 Å². The Labute approximate surface area is 229 Å². The summed E-state index contributed by atoms with van der Waals surface area (Å²) in [6.07, 6.45) is 1.09. The summed E-state index contributed by atoms with van der Waals surface area (Å²) in [6.45, 7) is 2.77. The molecule has 1 N–H and O–H groups in total. The molecule has 0 amide bonds. The smallest absolute Gasteiger partial charge is 0.336 e. The van der Waals surface area contributed by atoms with E-state index in [1.54, 1.807) is 7.11 Å². The van der Waals surface area contributed by atoms with Crippen LogP contribution in [0.4, 0.5) is 0 Å². The van der Waals surface area contributed by atoms with Gasteiger partial charge in [-0.15, -0.1) is 0 Å². The Hall–Kier alpha value is -4.16. The molecule has 0 radical (unpaired) electrons. The van der Waals surface area contributed by atoms with Crippen LogP contribution in [0.25, 0.3) is 0 Å². The van der Waals surface area contributed by atoms with Gasteiger partial charge in [-0.1, -0.05) is 72.8 Å². The first-order chi connectivity index (χ1) is 19.0. The summed E-state index contributed by atoms with van der Waals surface area (Å²) in [5, 5.41) is 3.40. The van der Waals surface area contributed by atoms with Crippen LogP contribution < -0.4 is 10.1 Å². The third kappa shape index (κ3) is 5.96. The highest BCUT2D eigenvalue weighted by Crippen LogP contribution is 2.45. The minimum Gasteiger partial charge on any atom is -0.489 e. The molecule has 2 atom stereocenters. The van der Waals surface area contributed by atoms with Crippen LogP contribution >= 0.6 is 0 Å². The number of hydrogen-bond acceptors (Lipinski definition) is 6. The van der Waals surface area contributed by atoms with Crippen molar-refractivity contribution >= 4 is 11.8 Å². The quantitative estimate of drug-likeness (QED) is 0.282. The van der Waals surface area contributed by atoms with Crippen molar-refractivity contribution in [2.75, 3.05) is 20.3 Å². The molecule has 6 nitrogen and oxygen atoms in total. The Morgan fingerprint density at radius 1 is 0.872 bits per heavy atom. The van der Waals surface area contributed by atoms with Gasteiger partial charge in [-0.3, -0.25) is 4.79 Å². The van der Waals surface area contributed by atoms with Gasteiger partial charge >= 0.3 is 5.97 Å². The van der Waals surface area contributed by atoms with E-state index in [0.717, 1.165) is 28.1 Å². The van der Waals surface area contributed by atoms with Crippen molar-refractivity contribution in [3.63, 3.8) is 0 Å². The molecule has 5 rings (SSSR count). The van der Waals surface area contributed by atoms with Gasteiger partial charge < -0.3 is 19.5 Å². The topological polar surface area (TPSA) is 73.9 Å². The van der Waals surface area contributed by atoms with Crippen molar-refractivity contribution in [3.05, 3.63) is 124 Å². The lowest BCUT2D eigenvalue weighted by Gasteiger charge is -2.36. The second-order valence-electron chi connectivity index (χ2n) is 9.90. The number of allylic oxidation sites excluding steroid dienone is 3. The van der Waals surface area contributed by atoms with E-state index in [1.165, 1.54) is 0 Å². The number of methoxy groups -OCH3 is 1. The summed E-state index contributed by atoms with van der Waals surface area (Å²) in [5.74, 6) is -0.126. The van der Waals surface area contributed by atoms with Crippen LogP contribution in [-0.4, -0.2) is 32.1 Å². The molecule has 1 aliphatic heterocycles. The van der Waals surface area contributed by atoms with Gasteiger partial charge in [0, 0.05) is 36.4 Å². The number of hydrogen-bond donors (Lipinski definition) is 1. The fourth-order valence-electron chi connectivity index (χ4n) is 5.40. The fraction of sp³-hybridized carbons (Fsp3) is 0.273. The highest BCUT2D eigenvalue weighted by Gasteiger charge is 2.41. The number of nitrogens with one attached hydrogen (secondary N) is 1. The number of carbonyl (C=O) groups is 2. The van der Waals surface area contributed by atoms with E-state index < -0.39 is 11.9 Å². The number of carbonyl (C=O) groups excluding carboxylic acids is 2. The lowest BCUT2D eigenvalue weighted by Crippen LogP contribution is -2.36. The predicted molar refractivity (Wildman–Crippen MR) is 149 cm³/mol. The van der Waals surface area contributed by atoms with Gasteiger partial charge in [-0.2, -0.15) is 0 Å². The Balaban J connectivity index is 1.46. The molecular weight excluding hydrogens is 490 g/mol. The third-order valence-electron chi connectivity index (χ3n) is 7.30. The molecule has 3 aromatic rings. The number of ketones is 1. The van der Waals surface area contributed by atoms with Crippen LogP contribution in [0.1, 0.15) is 48.3 Å². The van der Waals surface area contributed by atoms with Crippen LogP contribution in [0.5, 0.6) is 5.75 Å². The minimum absolute atomic E-state index is 0.0432. The standard InChI is InChI=1S/C33H33NO5/c1-22-30(33(36)38-18-17-37-2)31(25-13-15-27(16-14-25)39-21-23-9-5-3-6-10-23)32-28(34-22)19-26(20-29(32)35)24-11-7-4-8-12-24/h3-16,26,31,34H,17-21H2,1-2H3. The lowest BCUT2D eigenvalue weighted by molar-refractivity contribution is -0.140. The Morgan fingerprint density at radius 2 is 1.56 bits per heavy atom. The normalized spacial score (nSPS) is 18.9. The molecule has 0 saturated heterocycles. The Bertz CT molecular complexity index is 1380. The first-order valence-corrected chi connectivity index (χ1v) is 13.3. The summed E-state index contributed by atoms with van der Waals surface area (Å²) in [4.78, 5) is 27.1. The summed E-state index contributed by atoms with van der Waals surface area (Å²) in [7, 11) is 1.56. The molecule has 0 spiro atoms. The molecular formula is C33H33NO5. The van der Waals surface area contributed by atoms with Crippen molar-refractivity contribution in [3.8, 4) is 5.75 Å². The second kappa shape index (κ2) is 12.1. The number of benzene rings is 3. The van der Waals surface area contributed by atoms with Crippen LogP contribution in [0, 0.1) is 0 Å². The molecule has 2 unspecified atom stereocenters. The number of esters is 1. The summed E-state index contributed by atoms with van der Waals surface area (Å²) in [5.41, 5.74) is 5.74. The molecule has 39 heavy (non-hydrogen) atoms. The van der Waals surface area contributed by atoms with Gasteiger partial charge in [0.1, 0.15) is 19.0 Å². The van der Waals surface area contributed by atoms with Crippen molar-refractivity contribution < 1.29 is 23.8 Å². The van der Waals surface area contributed by atoms with E-state index in [1.807, 2.05) is 79.7 Å². The second-order valence-corrected chi connectivity index (χ2v) is 9.90. The molecule has 0 saturated carbocycles. The first kappa shape index (κ1) is 26.4. The van der Waals surface area contributed by atoms with Crippen LogP contribution in [0.2, 0.25) is 0 Å². The molecule has 6 heteroatoms. The summed E-state index contributed by atoms with van der Waals surface area (Å²) >= 11 is 0. The number of rotatable bonds is 9. The van der Waals surface area contributed by atoms with E-state index in [-0.39, 0.29) is 18.3 Å². The number of ether oxygens (including phenoxy) is 3. The van der Waals surface area contributed by atoms with Crippen LogP contribution in [0.15, 0.2) is 107 Å². The molecule has 200 valence electrons. The van der Waals surface area contributed by atoms with Crippen molar-refractivity contribution in [1.82, 2.24) is 5.32 Å². The van der Waals surface area contributed by atoms with Gasteiger partial charge in [0.05, 0.1) is 12.2 Å². The first-order valence-electron chi connectivity index (χ1n) is 13.3. The molecule has 0 fully saturated rings. The monoisotopic (exact) mass is 523 g/mol. The molecule has 1 aliphatic carbocycles. The van der Waals surface area contributed by atoms with E-state index >= 15 is 0 Å². The van der Waals surface area contributed by atoms with Crippen molar-refractivity contribution in [2.24, 2.45) is 0 Å². The summed E-state index contributed by atoms with van der Waals surface area (Å²) < 4.78 is 16.6. The van der Waals surface area contributed by atoms with Gasteiger partial charge in [-0.05, 0) is 48.1 Å². The Morgan fingerprint density at radius 3 is 2.26 bits per heavy atom. The largest absolute Gasteiger partial charge is 0.489 e. The zero-order valence-corrected chi connectivity index (χ0v) is 22.3. The average Bonchev–Trinajstić information content (AvgIpc) is 2.96. The summed E-state index contributed by atoms with van der Waals surface area (Å²) in [6, 6.07) is 27.8. The maximum absolute atomic E-state index is 13.7. The Kier molecular flexibility index (Phi) is 8.23. The van der Waals surface area contributed by atoms with Crippen LogP contribution in [-0.2, 0) is 25.7 Å². The van der Waals surface area contributed by atoms with E-state index in [9.17, 15) is 9.59 Å². The fourth-order valence-corrected chi connectivity index (χ4v) is 5.40. The third-order valence-corrected chi connectivity index (χ3v) is 7.30. The maximum atomic E-state index is 13.7. The average molecular weight is 524 g/mol. The SMILES string of the molecule is COCCOC(=O)C1=C(C)NC2=C(C(=O)CC(c3ccccc3)C2)C1c1ccc(OCc2ccccc2)cc1. The molecule has 0 bridgehead atoms. The van der Waals surface area contributed by atoms with Gasteiger partial charge in [0.15, 0.2) is 5.78 Å². The van der Waals surface area contributed by atoms with Crippen molar-refractivity contribution in [1.29, 1.82) is 0 Å². The molecule has 2 aliphatic rings. The predicted octanol–water partition coefficient (Wildman–Crippen LogP) is 5.82. The number of Topliss-reactive ketones (excluding diaryl/α,β-unsaturated/α-hetero) is 1. The van der Waals surface area contributed by atoms with Gasteiger partial charge in [0.2, 0.25) is 0 Å². The minimum atomic E-state index is -0.524. The van der Waals surface area contributed by atoms with E-state index in [2.05, 4.69) is 17.4 Å². The molecule has 3 aromatic carbocycles. The molecule has 0 aromatic heterocycles. The zero-order chi connectivity index (χ0) is 27.2. The highest BCUT2D eigenvalue weighted by atomic mass is 16.6.